The summed E-state index contributed by atoms with van der Waals surface area (Å²) >= 11 is 0. The molecule has 0 aliphatic rings. The van der Waals surface area contributed by atoms with Crippen LogP contribution < -0.4 is 0 Å². The van der Waals surface area contributed by atoms with Gasteiger partial charge in [-0.3, -0.25) is 37.3 Å². The Hall–Kier alpha value is -1.94. The Bertz CT molecular complexity index is 2010. The van der Waals surface area contributed by atoms with E-state index in [-0.39, 0.29) is 25.7 Å². The third-order valence-electron chi connectivity index (χ3n) is 20.2. The summed E-state index contributed by atoms with van der Waals surface area (Å²) in [6.07, 6.45) is 65.0. The van der Waals surface area contributed by atoms with Crippen molar-refractivity contribution in [3.05, 3.63) is 0 Å². The van der Waals surface area contributed by atoms with Crippen LogP contribution in [-0.4, -0.2) is 96.7 Å². The summed E-state index contributed by atoms with van der Waals surface area (Å²) in [6, 6.07) is 0. The molecule has 17 nitrogen and oxygen atoms in total. The number of unbranched alkanes of at least 4 members (excludes halogenated alkanes) is 50. The number of hydrogen-bond acceptors (Lipinski definition) is 15. The summed E-state index contributed by atoms with van der Waals surface area (Å²) in [6.45, 7) is 12.1. The molecule has 0 aliphatic carbocycles. The van der Waals surface area contributed by atoms with Crippen LogP contribution in [0.2, 0.25) is 0 Å². The Morgan fingerprint density at radius 1 is 0.279 bits per heavy atom. The molecule has 0 saturated carbocycles. The number of rotatable bonds is 83. The van der Waals surface area contributed by atoms with Gasteiger partial charge in [-0.1, -0.05) is 395 Å². The van der Waals surface area contributed by atoms with E-state index >= 15 is 0 Å². The molecule has 0 radical (unpaired) electrons. The molecule has 0 amide bonds. The third-order valence-corrected chi connectivity index (χ3v) is 22.1. The van der Waals surface area contributed by atoms with Gasteiger partial charge in [0.25, 0.3) is 0 Å². The number of esters is 4. The zero-order valence-electron chi connectivity index (χ0n) is 68.5. The van der Waals surface area contributed by atoms with E-state index in [0.29, 0.717) is 25.7 Å². The van der Waals surface area contributed by atoms with Gasteiger partial charge in [0.1, 0.15) is 19.3 Å². The monoisotopic (exact) mass is 1520 g/mol. The molecule has 0 aliphatic heterocycles. The van der Waals surface area contributed by atoms with Gasteiger partial charge in [0, 0.05) is 25.7 Å². The van der Waals surface area contributed by atoms with E-state index in [1.807, 2.05) is 0 Å². The fourth-order valence-electron chi connectivity index (χ4n) is 13.2. The lowest BCUT2D eigenvalue weighted by Gasteiger charge is -2.21. The molecule has 0 fully saturated rings. The van der Waals surface area contributed by atoms with Gasteiger partial charge >= 0.3 is 39.5 Å². The normalized spacial score (nSPS) is 14.2. The van der Waals surface area contributed by atoms with Crippen molar-refractivity contribution in [3.8, 4) is 0 Å². The Labute approximate surface area is 638 Å². The van der Waals surface area contributed by atoms with Gasteiger partial charge in [0.15, 0.2) is 12.2 Å². The molecule has 0 heterocycles. The summed E-state index contributed by atoms with van der Waals surface area (Å²) in [7, 11) is -9.93. The van der Waals surface area contributed by atoms with Gasteiger partial charge in [-0.05, 0) is 43.4 Å². The van der Waals surface area contributed by atoms with Crippen LogP contribution >= 0.6 is 15.6 Å². The first-order valence-corrected chi connectivity index (χ1v) is 46.9. The number of aliphatic hydroxyl groups is 1. The zero-order valence-corrected chi connectivity index (χ0v) is 70.3. The second-order valence-electron chi connectivity index (χ2n) is 31.8. The molecule has 3 N–H and O–H groups in total. The number of phosphoric ester groups is 2. The van der Waals surface area contributed by atoms with Crippen molar-refractivity contribution in [3.63, 3.8) is 0 Å². The third kappa shape index (κ3) is 76.8. The largest absolute Gasteiger partial charge is 0.472 e. The van der Waals surface area contributed by atoms with Gasteiger partial charge in [-0.15, -0.1) is 0 Å². The van der Waals surface area contributed by atoms with Crippen LogP contribution in [0.4, 0.5) is 0 Å². The standard InChI is InChI=1S/C85H166O17P2/c1-8-10-11-12-13-14-15-21-31-38-45-52-59-66-82(87)95-72-81(102-85(90)69-62-55-48-41-34-27-26-29-36-43-50-57-64-77(5)6)75-100-104(93,94)98-71-79(86)70-97-103(91,92)99-74-80(101-84(89)68-61-54-47-40-33-25-18-16-17-22-28-35-42-49-56-63-76(3)4)73-96-83(88)67-60-53-46-39-32-24-20-19-23-30-37-44-51-58-65-78(7)9-2/h76-81,86H,8-75H2,1-7H3,(H,91,92)(H,93,94)/t78?,79-,80-,81-/m1/s1. The van der Waals surface area contributed by atoms with Gasteiger partial charge in [-0.2, -0.15) is 0 Å². The van der Waals surface area contributed by atoms with E-state index in [0.717, 1.165) is 108 Å². The van der Waals surface area contributed by atoms with Gasteiger partial charge in [0.05, 0.1) is 26.4 Å². The fourth-order valence-corrected chi connectivity index (χ4v) is 14.7. The molecule has 0 aromatic rings. The maximum Gasteiger partial charge on any atom is 0.472 e. The van der Waals surface area contributed by atoms with Crippen molar-refractivity contribution in [1.29, 1.82) is 0 Å². The Morgan fingerprint density at radius 3 is 0.731 bits per heavy atom. The van der Waals surface area contributed by atoms with E-state index in [1.165, 1.54) is 257 Å². The lowest BCUT2D eigenvalue weighted by Crippen LogP contribution is -2.30. The van der Waals surface area contributed by atoms with Gasteiger partial charge in [-0.25, -0.2) is 9.13 Å². The predicted molar refractivity (Wildman–Crippen MR) is 428 cm³/mol. The second kappa shape index (κ2) is 75.1. The molecule has 104 heavy (non-hydrogen) atoms. The van der Waals surface area contributed by atoms with Crippen LogP contribution in [0.5, 0.6) is 0 Å². The molecule has 6 atom stereocenters. The highest BCUT2D eigenvalue weighted by atomic mass is 31.2. The predicted octanol–water partition coefficient (Wildman–Crippen LogP) is 25.7. The van der Waals surface area contributed by atoms with Crippen LogP contribution in [0.3, 0.4) is 0 Å². The van der Waals surface area contributed by atoms with Crippen molar-refractivity contribution in [2.24, 2.45) is 17.8 Å². The molecule has 618 valence electrons. The highest BCUT2D eigenvalue weighted by molar-refractivity contribution is 7.47. The molecule has 0 aromatic carbocycles. The van der Waals surface area contributed by atoms with E-state index in [9.17, 15) is 43.2 Å². The zero-order chi connectivity index (χ0) is 76.5. The van der Waals surface area contributed by atoms with E-state index in [1.54, 1.807) is 0 Å². The Kier molecular flexibility index (Phi) is 73.7. The van der Waals surface area contributed by atoms with Gasteiger partial charge < -0.3 is 33.8 Å². The minimum absolute atomic E-state index is 0.107. The highest BCUT2D eigenvalue weighted by Gasteiger charge is 2.30. The molecule has 0 rings (SSSR count). The molecular formula is C85H166O17P2. The van der Waals surface area contributed by atoms with Gasteiger partial charge in [0.2, 0.25) is 0 Å². The number of ether oxygens (including phenoxy) is 4. The smallest absolute Gasteiger partial charge is 0.462 e. The molecular weight excluding hydrogens is 1350 g/mol. The van der Waals surface area contributed by atoms with E-state index in [4.69, 9.17) is 37.0 Å². The van der Waals surface area contributed by atoms with Crippen LogP contribution in [0, 0.1) is 17.8 Å². The van der Waals surface area contributed by atoms with E-state index in [2.05, 4.69) is 48.5 Å². The van der Waals surface area contributed by atoms with Crippen LogP contribution in [0.25, 0.3) is 0 Å². The first-order valence-electron chi connectivity index (χ1n) is 43.9. The topological polar surface area (TPSA) is 237 Å². The Balaban J connectivity index is 5.27. The first-order chi connectivity index (χ1) is 50.3. The number of carbonyl (C=O) groups is 4. The molecule has 0 bridgehead atoms. The summed E-state index contributed by atoms with van der Waals surface area (Å²) < 4.78 is 68.9. The van der Waals surface area contributed by atoms with Crippen molar-refractivity contribution < 1.29 is 80.2 Å². The van der Waals surface area contributed by atoms with Crippen LogP contribution in [-0.2, 0) is 65.4 Å². The van der Waals surface area contributed by atoms with Crippen LogP contribution in [0.1, 0.15) is 447 Å². The number of aliphatic hydroxyl groups excluding tert-OH is 1. The summed E-state index contributed by atoms with van der Waals surface area (Å²) in [5.41, 5.74) is 0. The minimum Gasteiger partial charge on any atom is -0.462 e. The molecule has 3 unspecified atom stereocenters. The minimum atomic E-state index is -4.97. The van der Waals surface area contributed by atoms with Crippen molar-refractivity contribution in [2.45, 2.75) is 465 Å². The first kappa shape index (κ1) is 102. The summed E-state index contributed by atoms with van der Waals surface area (Å²) in [5.74, 6) is 0.326. The second-order valence-corrected chi connectivity index (χ2v) is 34.7. The van der Waals surface area contributed by atoms with Crippen molar-refractivity contribution in [2.75, 3.05) is 39.6 Å². The number of carbonyl (C=O) groups excluding carboxylic acids is 4. The molecule has 0 aromatic heterocycles. The number of hydrogen-bond donors (Lipinski definition) is 3. The van der Waals surface area contributed by atoms with Crippen molar-refractivity contribution in [1.82, 2.24) is 0 Å². The Morgan fingerprint density at radius 2 is 0.490 bits per heavy atom. The SMILES string of the molecule is CCCCCCCCCCCCCCCC(=O)OC[C@H](COP(=O)(O)OC[C@H](O)COP(=O)(O)OC[C@@H](COC(=O)CCCCCCCCCCCCCCCCC(C)CC)OC(=O)CCCCCCCCCCCCCCCCCC(C)C)OC(=O)CCCCCCCCCCCCCCC(C)C. The highest BCUT2D eigenvalue weighted by Crippen LogP contribution is 2.45. The summed E-state index contributed by atoms with van der Waals surface area (Å²) in [5, 5.41) is 10.7. The number of phosphoric acid groups is 2. The molecule has 0 saturated heterocycles. The molecule has 0 spiro atoms. The fraction of sp³-hybridized carbons (Fsp3) is 0.953. The van der Waals surface area contributed by atoms with Crippen LogP contribution in [0.15, 0.2) is 0 Å². The van der Waals surface area contributed by atoms with E-state index < -0.39 is 97.5 Å². The maximum atomic E-state index is 13.1. The average Bonchev–Trinajstić information content (AvgIpc) is 0.904. The maximum absolute atomic E-state index is 13.1. The van der Waals surface area contributed by atoms with Crippen molar-refractivity contribution >= 4 is 39.5 Å². The average molecular weight is 1520 g/mol. The lowest BCUT2D eigenvalue weighted by molar-refractivity contribution is -0.161. The molecule has 19 heteroatoms. The summed E-state index contributed by atoms with van der Waals surface area (Å²) in [4.78, 5) is 73.2. The quantitative estimate of drug-likeness (QED) is 0.0222. The lowest BCUT2D eigenvalue weighted by atomic mass is 9.99.